The molecule has 14 nitrogen and oxygen atoms in total. The van der Waals surface area contributed by atoms with Gasteiger partial charge >= 0.3 is 23.9 Å². The molecule has 0 fully saturated rings. The van der Waals surface area contributed by atoms with Crippen molar-refractivity contribution < 1.29 is 53.7 Å². The number of carbonyl (C=O) groups excluding carboxylic acids is 3. The van der Waals surface area contributed by atoms with Gasteiger partial charge in [-0.3, -0.25) is 19.6 Å². The third-order valence-electron chi connectivity index (χ3n) is 5.00. The van der Waals surface area contributed by atoms with E-state index < -0.39 is 66.9 Å². The van der Waals surface area contributed by atoms with Gasteiger partial charge in [0.15, 0.2) is 12.2 Å². The molecule has 204 valence electrons. The van der Waals surface area contributed by atoms with Crippen molar-refractivity contribution in [2.24, 2.45) is 0 Å². The second kappa shape index (κ2) is 15.0. The minimum atomic E-state index is -1.72. The van der Waals surface area contributed by atoms with Gasteiger partial charge in [0.05, 0.1) is 0 Å². The molecule has 1 aromatic carbocycles. The van der Waals surface area contributed by atoms with Gasteiger partial charge < -0.3 is 31.3 Å². The van der Waals surface area contributed by atoms with Crippen molar-refractivity contribution in [2.75, 3.05) is 11.9 Å². The first-order valence-corrected chi connectivity index (χ1v) is 11.1. The van der Waals surface area contributed by atoms with Gasteiger partial charge in [-0.15, -0.1) is 0 Å². The monoisotopic (exact) mass is 528 g/mol. The fourth-order valence-electron chi connectivity index (χ4n) is 2.95. The van der Waals surface area contributed by atoms with Crippen LogP contribution < -0.4 is 16.0 Å². The van der Waals surface area contributed by atoms with Crippen LogP contribution in [0.25, 0.3) is 0 Å². The second-order valence-electron chi connectivity index (χ2n) is 7.91. The molecule has 15 heteroatoms. The van der Waals surface area contributed by atoms with E-state index in [2.05, 4.69) is 10.6 Å². The van der Waals surface area contributed by atoms with Gasteiger partial charge in [-0.05, 0) is 56.9 Å². The van der Waals surface area contributed by atoms with E-state index in [0.29, 0.717) is 5.69 Å². The summed E-state index contributed by atoms with van der Waals surface area (Å²) in [6, 6.07) is 0.877. The highest BCUT2D eigenvalue weighted by Crippen LogP contribution is 2.12. The summed E-state index contributed by atoms with van der Waals surface area (Å²) in [5.74, 6) is -5.70. The fourth-order valence-corrected chi connectivity index (χ4v) is 2.95. The first-order valence-electron chi connectivity index (χ1n) is 11.1. The second-order valence-corrected chi connectivity index (χ2v) is 7.91. The van der Waals surface area contributed by atoms with Crippen molar-refractivity contribution in [3.8, 4) is 0 Å². The number of hydroxylamine groups is 2. The summed E-state index contributed by atoms with van der Waals surface area (Å²) >= 11 is 0. The van der Waals surface area contributed by atoms with Crippen LogP contribution in [0.1, 0.15) is 49.4 Å². The Labute approximate surface area is 210 Å². The Morgan fingerprint density at radius 3 is 2.08 bits per heavy atom. The number of nitrogens with zero attached hydrogens (tertiary/aromatic N) is 1. The number of hydrogen-bond donors (Lipinski definition) is 7. The number of benzene rings is 1. The average Bonchev–Trinajstić information content (AvgIpc) is 2.82. The average molecular weight is 528 g/mol. The molecular formula is C22H29FN4O10. The number of alkyl halides is 1. The van der Waals surface area contributed by atoms with Crippen LogP contribution >= 0.6 is 0 Å². The van der Waals surface area contributed by atoms with Crippen LogP contribution in [-0.4, -0.2) is 86.1 Å². The maximum absolute atomic E-state index is 12.9. The van der Waals surface area contributed by atoms with E-state index in [0.717, 1.165) is 6.92 Å². The number of carboxylic acid groups (broad SMARTS) is 3. The van der Waals surface area contributed by atoms with Gasteiger partial charge in [-0.1, -0.05) is 0 Å². The normalized spacial score (nSPS) is 12.9. The lowest BCUT2D eigenvalue weighted by molar-refractivity contribution is -0.157. The van der Waals surface area contributed by atoms with E-state index in [1.807, 2.05) is 5.32 Å². The van der Waals surface area contributed by atoms with E-state index in [-0.39, 0.29) is 36.4 Å². The summed E-state index contributed by atoms with van der Waals surface area (Å²) in [6.07, 6.45) is -2.56. The van der Waals surface area contributed by atoms with Gasteiger partial charge in [0.2, 0.25) is 0 Å². The zero-order valence-electron chi connectivity index (χ0n) is 19.8. The predicted octanol–water partition coefficient (Wildman–Crippen LogP) is 1.06. The molecule has 0 aromatic heterocycles. The number of aliphatic carboxylic acids is 3. The molecule has 0 heterocycles. The molecule has 0 radical (unpaired) electrons. The van der Waals surface area contributed by atoms with Crippen molar-refractivity contribution in [2.45, 2.75) is 57.3 Å². The highest BCUT2D eigenvalue weighted by atomic mass is 19.1. The summed E-state index contributed by atoms with van der Waals surface area (Å²) in [4.78, 5) is 68.9. The van der Waals surface area contributed by atoms with Gasteiger partial charge in [0, 0.05) is 24.2 Å². The van der Waals surface area contributed by atoms with Crippen LogP contribution in [0.3, 0.4) is 0 Å². The van der Waals surface area contributed by atoms with Crippen molar-refractivity contribution in [1.29, 1.82) is 0 Å². The van der Waals surface area contributed by atoms with Gasteiger partial charge in [0.25, 0.3) is 11.8 Å². The molecule has 3 atom stereocenters. The summed E-state index contributed by atoms with van der Waals surface area (Å²) in [7, 11) is 0. The van der Waals surface area contributed by atoms with Crippen molar-refractivity contribution >= 4 is 41.4 Å². The van der Waals surface area contributed by atoms with E-state index in [4.69, 9.17) is 10.2 Å². The molecule has 4 amide bonds. The number of nitrogens with one attached hydrogen (secondary N) is 3. The standard InChI is InChI=1S/C22H29FN4O10/c1-12(23)18(30)25-14-7-5-13(6-8-14)19(31)24-11-3-2-4-16(21(34)35)27(37)22(36)26-15(20(32)33)9-10-17(28)29/h5-8,12,15-16,37H,2-4,9-11H2,1H3,(H,24,31)(H,25,30)(H,26,36)(H,28,29)(H,32,33)(H,34,35). The molecule has 1 rings (SSSR count). The Bertz CT molecular complexity index is 986. The number of hydrogen-bond acceptors (Lipinski definition) is 7. The quantitative estimate of drug-likeness (QED) is 0.0973. The lowest BCUT2D eigenvalue weighted by atomic mass is 10.1. The Morgan fingerprint density at radius 2 is 1.57 bits per heavy atom. The van der Waals surface area contributed by atoms with E-state index in [1.165, 1.54) is 24.3 Å². The first kappa shape index (κ1) is 30.8. The molecule has 37 heavy (non-hydrogen) atoms. The largest absolute Gasteiger partial charge is 0.481 e. The number of carbonyl (C=O) groups is 6. The molecule has 0 saturated carbocycles. The zero-order chi connectivity index (χ0) is 28.1. The zero-order valence-corrected chi connectivity index (χ0v) is 19.8. The maximum atomic E-state index is 12.9. The molecular weight excluding hydrogens is 499 g/mol. The molecule has 7 N–H and O–H groups in total. The van der Waals surface area contributed by atoms with Crippen LogP contribution in [0.5, 0.6) is 0 Å². The molecule has 1 aromatic rings. The van der Waals surface area contributed by atoms with Crippen molar-refractivity contribution in [3.05, 3.63) is 29.8 Å². The Morgan fingerprint density at radius 1 is 0.946 bits per heavy atom. The third kappa shape index (κ3) is 10.9. The molecule has 0 aliphatic carbocycles. The predicted molar refractivity (Wildman–Crippen MR) is 124 cm³/mol. The molecule has 0 bridgehead atoms. The summed E-state index contributed by atoms with van der Waals surface area (Å²) < 4.78 is 12.9. The van der Waals surface area contributed by atoms with Crippen LogP contribution in [0.15, 0.2) is 24.3 Å². The minimum absolute atomic E-state index is 0.122. The number of halogens is 1. The number of urea groups is 1. The maximum Gasteiger partial charge on any atom is 0.342 e. The highest BCUT2D eigenvalue weighted by Gasteiger charge is 2.31. The summed E-state index contributed by atoms with van der Waals surface area (Å²) in [5, 5.41) is 43.6. The summed E-state index contributed by atoms with van der Waals surface area (Å²) in [5.41, 5.74) is 0.559. The number of carboxylic acids is 3. The van der Waals surface area contributed by atoms with Crippen molar-refractivity contribution in [1.82, 2.24) is 15.7 Å². The van der Waals surface area contributed by atoms with Crippen LogP contribution in [0.2, 0.25) is 0 Å². The van der Waals surface area contributed by atoms with E-state index >= 15 is 0 Å². The Kier molecular flexibility index (Phi) is 12.5. The molecule has 0 spiro atoms. The molecule has 0 saturated heterocycles. The van der Waals surface area contributed by atoms with Crippen LogP contribution in [-0.2, 0) is 19.2 Å². The fraction of sp³-hybridized carbons (Fsp3) is 0.455. The van der Waals surface area contributed by atoms with Crippen molar-refractivity contribution in [3.63, 3.8) is 0 Å². The molecule has 3 unspecified atom stereocenters. The van der Waals surface area contributed by atoms with E-state index in [9.17, 15) is 43.5 Å². The smallest absolute Gasteiger partial charge is 0.342 e. The topological polar surface area (TPSA) is 223 Å². The lowest BCUT2D eigenvalue weighted by Gasteiger charge is -2.24. The number of amides is 4. The SMILES string of the molecule is CC(F)C(=O)Nc1ccc(C(=O)NCCCCC(C(=O)O)N(O)C(=O)NC(CCC(=O)O)C(=O)O)cc1. The number of anilines is 1. The van der Waals surface area contributed by atoms with E-state index in [1.54, 1.807) is 0 Å². The number of rotatable bonds is 15. The Balaban J connectivity index is 2.52. The molecule has 0 aliphatic rings. The van der Waals surface area contributed by atoms with Gasteiger partial charge in [-0.25, -0.2) is 18.8 Å². The third-order valence-corrected chi connectivity index (χ3v) is 5.00. The lowest BCUT2D eigenvalue weighted by Crippen LogP contribution is -2.52. The highest BCUT2D eigenvalue weighted by molar-refractivity contribution is 5.96. The van der Waals surface area contributed by atoms with Crippen LogP contribution in [0.4, 0.5) is 14.9 Å². The van der Waals surface area contributed by atoms with Crippen LogP contribution in [0, 0.1) is 0 Å². The Hall–Kier alpha value is -4.27. The molecule has 0 aliphatic heterocycles. The minimum Gasteiger partial charge on any atom is -0.481 e. The van der Waals surface area contributed by atoms with Gasteiger partial charge in [0.1, 0.15) is 6.04 Å². The first-order chi connectivity index (χ1) is 17.3. The summed E-state index contributed by atoms with van der Waals surface area (Å²) in [6.45, 7) is 1.21. The number of unbranched alkanes of at least 4 members (excludes halogenated alkanes) is 1. The van der Waals surface area contributed by atoms with Gasteiger partial charge in [-0.2, -0.15) is 5.06 Å².